The van der Waals surface area contributed by atoms with Crippen molar-refractivity contribution >= 4 is 22.9 Å². The summed E-state index contributed by atoms with van der Waals surface area (Å²) in [5.41, 5.74) is 2.75. The lowest BCUT2D eigenvalue weighted by Gasteiger charge is -2.29. The van der Waals surface area contributed by atoms with E-state index in [1.54, 1.807) is 11.3 Å². The van der Waals surface area contributed by atoms with Gasteiger partial charge in [-0.25, -0.2) is 4.98 Å². The third-order valence-electron chi connectivity index (χ3n) is 4.21. The third-order valence-corrected chi connectivity index (χ3v) is 5.35. The monoisotopic (exact) mass is 340 g/mol. The standard InChI is InChI=1S/C19H24N4S/c1-3-17-13-21-18(24-17)14-22-19(20-2)23-11-9-16(10-12-23)15-7-5-4-6-8-15/h4-9,13H,3,10-12,14H2,1-2H3,(H,20,22). The summed E-state index contributed by atoms with van der Waals surface area (Å²) < 4.78 is 0. The molecular weight excluding hydrogens is 316 g/mol. The van der Waals surface area contributed by atoms with E-state index < -0.39 is 0 Å². The first-order valence-electron chi connectivity index (χ1n) is 8.43. The van der Waals surface area contributed by atoms with Crippen LogP contribution in [0.1, 0.15) is 28.8 Å². The van der Waals surface area contributed by atoms with Crippen molar-refractivity contribution in [1.82, 2.24) is 15.2 Å². The first kappa shape index (κ1) is 16.7. The van der Waals surface area contributed by atoms with Gasteiger partial charge in [-0.05, 0) is 24.0 Å². The molecule has 0 saturated heterocycles. The maximum atomic E-state index is 4.46. The molecule has 5 heteroatoms. The number of hydrogen-bond acceptors (Lipinski definition) is 3. The highest BCUT2D eigenvalue weighted by molar-refractivity contribution is 7.11. The van der Waals surface area contributed by atoms with E-state index in [0.717, 1.165) is 43.4 Å². The molecule has 1 aromatic carbocycles. The van der Waals surface area contributed by atoms with Crippen LogP contribution in [0.4, 0.5) is 0 Å². The predicted molar refractivity (Wildman–Crippen MR) is 102 cm³/mol. The van der Waals surface area contributed by atoms with Gasteiger partial charge in [-0.2, -0.15) is 0 Å². The van der Waals surface area contributed by atoms with E-state index >= 15 is 0 Å². The molecular formula is C19H24N4S. The fourth-order valence-electron chi connectivity index (χ4n) is 2.86. The van der Waals surface area contributed by atoms with Gasteiger partial charge in [0.2, 0.25) is 0 Å². The molecule has 1 aromatic heterocycles. The number of nitrogens with zero attached hydrogens (tertiary/aromatic N) is 3. The predicted octanol–water partition coefficient (Wildman–Crippen LogP) is 3.57. The fourth-order valence-corrected chi connectivity index (χ4v) is 3.66. The Morgan fingerprint density at radius 1 is 1.33 bits per heavy atom. The molecule has 3 rings (SSSR count). The molecule has 1 aliphatic heterocycles. The maximum Gasteiger partial charge on any atom is 0.194 e. The van der Waals surface area contributed by atoms with Crippen molar-refractivity contribution < 1.29 is 0 Å². The molecule has 0 saturated carbocycles. The summed E-state index contributed by atoms with van der Waals surface area (Å²) >= 11 is 1.77. The molecule has 0 atom stereocenters. The van der Waals surface area contributed by atoms with Gasteiger partial charge in [0, 0.05) is 31.2 Å². The largest absolute Gasteiger partial charge is 0.350 e. The Kier molecular flexibility index (Phi) is 5.64. The molecule has 1 N–H and O–H groups in total. The number of rotatable bonds is 4. The molecule has 0 amide bonds. The summed E-state index contributed by atoms with van der Waals surface area (Å²) in [6.07, 6.45) is 6.37. The zero-order chi connectivity index (χ0) is 16.8. The van der Waals surface area contributed by atoms with Gasteiger partial charge in [0.05, 0.1) is 6.54 Å². The van der Waals surface area contributed by atoms with Crippen LogP contribution in [-0.4, -0.2) is 36.0 Å². The Morgan fingerprint density at radius 2 is 2.17 bits per heavy atom. The highest BCUT2D eigenvalue weighted by Gasteiger charge is 2.16. The lowest BCUT2D eigenvalue weighted by Crippen LogP contribution is -2.43. The summed E-state index contributed by atoms with van der Waals surface area (Å²) in [6, 6.07) is 10.6. The van der Waals surface area contributed by atoms with E-state index in [1.807, 2.05) is 13.2 Å². The van der Waals surface area contributed by atoms with E-state index in [0.29, 0.717) is 0 Å². The topological polar surface area (TPSA) is 40.5 Å². The van der Waals surface area contributed by atoms with Crippen LogP contribution in [0.2, 0.25) is 0 Å². The Labute approximate surface area is 148 Å². The van der Waals surface area contributed by atoms with Gasteiger partial charge in [0.1, 0.15) is 5.01 Å². The van der Waals surface area contributed by atoms with Crippen molar-refractivity contribution in [3.8, 4) is 0 Å². The number of aromatic nitrogens is 1. The molecule has 24 heavy (non-hydrogen) atoms. The van der Waals surface area contributed by atoms with Crippen LogP contribution in [0.15, 0.2) is 47.6 Å². The number of aryl methyl sites for hydroxylation is 1. The molecule has 0 unspecified atom stereocenters. The Hall–Kier alpha value is -2.14. The molecule has 0 fully saturated rings. The molecule has 0 spiro atoms. The quantitative estimate of drug-likeness (QED) is 0.683. The molecule has 126 valence electrons. The fraction of sp³-hybridized carbons (Fsp3) is 0.368. The number of hydrogen-bond donors (Lipinski definition) is 1. The van der Waals surface area contributed by atoms with Crippen LogP contribution in [0.25, 0.3) is 5.57 Å². The number of benzene rings is 1. The van der Waals surface area contributed by atoms with Crippen molar-refractivity contribution in [3.05, 3.63) is 58.1 Å². The first-order chi connectivity index (χ1) is 11.8. The molecule has 2 aromatic rings. The van der Waals surface area contributed by atoms with E-state index in [4.69, 9.17) is 0 Å². The van der Waals surface area contributed by atoms with Crippen molar-refractivity contribution in [1.29, 1.82) is 0 Å². The average molecular weight is 340 g/mol. The lowest BCUT2D eigenvalue weighted by atomic mass is 10.00. The van der Waals surface area contributed by atoms with Gasteiger partial charge in [-0.3, -0.25) is 4.99 Å². The number of aliphatic imine (C=N–C) groups is 1. The Bertz CT molecular complexity index is 718. The Balaban J connectivity index is 1.58. The summed E-state index contributed by atoms with van der Waals surface area (Å²) in [4.78, 5) is 12.5. The Morgan fingerprint density at radius 3 is 2.79 bits per heavy atom. The molecule has 0 bridgehead atoms. The lowest BCUT2D eigenvalue weighted by molar-refractivity contribution is 0.439. The van der Waals surface area contributed by atoms with Crippen LogP contribution < -0.4 is 5.32 Å². The average Bonchev–Trinajstić information content (AvgIpc) is 3.12. The van der Waals surface area contributed by atoms with Crippen molar-refractivity contribution in [2.75, 3.05) is 20.1 Å². The second-order valence-corrected chi connectivity index (χ2v) is 6.97. The SMILES string of the molecule is CCc1cnc(CNC(=NC)N2CC=C(c3ccccc3)CC2)s1. The normalized spacial score (nSPS) is 15.3. The first-order valence-corrected chi connectivity index (χ1v) is 9.25. The number of nitrogens with one attached hydrogen (secondary N) is 1. The maximum absolute atomic E-state index is 4.46. The highest BCUT2D eigenvalue weighted by Crippen LogP contribution is 2.22. The molecule has 0 radical (unpaired) electrons. The van der Waals surface area contributed by atoms with Crippen molar-refractivity contribution in [2.24, 2.45) is 4.99 Å². The van der Waals surface area contributed by atoms with Gasteiger partial charge in [-0.15, -0.1) is 11.3 Å². The summed E-state index contributed by atoms with van der Waals surface area (Å²) in [5, 5.41) is 4.56. The van der Waals surface area contributed by atoms with Crippen LogP contribution in [0.5, 0.6) is 0 Å². The second-order valence-electron chi connectivity index (χ2n) is 5.77. The van der Waals surface area contributed by atoms with Crippen molar-refractivity contribution in [3.63, 3.8) is 0 Å². The van der Waals surface area contributed by atoms with E-state index in [-0.39, 0.29) is 0 Å². The second kappa shape index (κ2) is 8.11. The van der Waals surface area contributed by atoms with Gasteiger partial charge in [0.15, 0.2) is 5.96 Å². The van der Waals surface area contributed by atoms with Crippen LogP contribution >= 0.6 is 11.3 Å². The minimum Gasteiger partial charge on any atom is -0.350 e. The van der Waals surface area contributed by atoms with Gasteiger partial charge in [0.25, 0.3) is 0 Å². The smallest absolute Gasteiger partial charge is 0.194 e. The van der Waals surface area contributed by atoms with Gasteiger partial charge < -0.3 is 10.2 Å². The zero-order valence-corrected chi connectivity index (χ0v) is 15.1. The zero-order valence-electron chi connectivity index (χ0n) is 14.3. The minimum absolute atomic E-state index is 0.739. The highest BCUT2D eigenvalue weighted by atomic mass is 32.1. The van der Waals surface area contributed by atoms with Gasteiger partial charge in [-0.1, -0.05) is 43.3 Å². The molecule has 1 aliphatic rings. The van der Waals surface area contributed by atoms with Crippen LogP contribution in [0, 0.1) is 0 Å². The van der Waals surface area contributed by atoms with Crippen LogP contribution in [0.3, 0.4) is 0 Å². The third kappa shape index (κ3) is 4.03. The van der Waals surface area contributed by atoms with E-state index in [2.05, 4.69) is 63.5 Å². The molecule has 2 heterocycles. The van der Waals surface area contributed by atoms with E-state index in [1.165, 1.54) is 16.0 Å². The molecule has 4 nitrogen and oxygen atoms in total. The van der Waals surface area contributed by atoms with E-state index in [9.17, 15) is 0 Å². The van der Waals surface area contributed by atoms with Crippen molar-refractivity contribution in [2.45, 2.75) is 26.3 Å². The summed E-state index contributed by atoms with van der Waals surface area (Å²) in [5.74, 6) is 0.951. The summed E-state index contributed by atoms with van der Waals surface area (Å²) in [6.45, 7) is 4.78. The minimum atomic E-state index is 0.739. The number of guanidine groups is 1. The number of thiazole rings is 1. The summed E-state index contributed by atoms with van der Waals surface area (Å²) in [7, 11) is 1.85. The molecule has 0 aliphatic carbocycles. The van der Waals surface area contributed by atoms with Crippen LogP contribution in [-0.2, 0) is 13.0 Å². The van der Waals surface area contributed by atoms with Gasteiger partial charge >= 0.3 is 0 Å².